The maximum absolute atomic E-state index is 12.1. The quantitative estimate of drug-likeness (QED) is 0.490. The summed E-state index contributed by atoms with van der Waals surface area (Å²) in [7, 11) is 0. The molecule has 0 heterocycles. The molecule has 0 aliphatic heterocycles. The molecule has 1 aromatic rings. The van der Waals surface area contributed by atoms with E-state index in [1.165, 1.54) is 17.0 Å². The third-order valence-corrected chi connectivity index (χ3v) is 2.53. The van der Waals surface area contributed by atoms with E-state index in [1.807, 2.05) is 13.8 Å². The van der Waals surface area contributed by atoms with Crippen molar-refractivity contribution in [1.29, 1.82) is 0 Å². The smallest absolute Gasteiger partial charge is 0.304 e. The lowest BCUT2D eigenvalue weighted by Crippen LogP contribution is -2.31. The van der Waals surface area contributed by atoms with Gasteiger partial charge in [-0.25, -0.2) is 0 Å². The van der Waals surface area contributed by atoms with Crippen molar-refractivity contribution in [2.45, 2.75) is 13.8 Å². The molecule has 6 nitrogen and oxygen atoms in total. The van der Waals surface area contributed by atoms with Gasteiger partial charge in [0.15, 0.2) is 0 Å². The molecule has 1 amide bonds. The van der Waals surface area contributed by atoms with Crippen LogP contribution in [0.2, 0.25) is 0 Å². The van der Waals surface area contributed by atoms with Crippen LogP contribution in [0.1, 0.15) is 24.2 Å². The van der Waals surface area contributed by atoms with Crippen molar-refractivity contribution in [2.24, 2.45) is 0 Å². The van der Waals surface area contributed by atoms with E-state index in [0.717, 1.165) is 0 Å². The van der Waals surface area contributed by atoms with Crippen LogP contribution in [0.5, 0.6) is 0 Å². The number of nitro benzene ring substituents is 1. The maximum Gasteiger partial charge on any atom is 0.304 e. The van der Waals surface area contributed by atoms with Gasteiger partial charge in [-0.3, -0.25) is 14.9 Å². The summed E-state index contributed by atoms with van der Waals surface area (Å²) in [5.74, 6) is -0.367. The zero-order valence-electron chi connectivity index (χ0n) is 9.84. The van der Waals surface area contributed by atoms with Crippen LogP contribution in [0.4, 0.5) is 11.4 Å². The lowest BCUT2D eigenvalue weighted by molar-refractivity contribution is -0.384. The number of anilines is 1. The Balaban J connectivity index is 3.26. The Bertz CT molecular complexity index is 442. The molecule has 0 aliphatic rings. The Hall–Kier alpha value is -2.11. The topological polar surface area (TPSA) is 89.5 Å². The van der Waals surface area contributed by atoms with Crippen LogP contribution in [0.3, 0.4) is 0 Å². The molecule has 0 aliphatic carbocycles. The number of carbonyl (C=O) groups is 1. The minimum atomic E-state index is -0.619. The average molecular weight is 237 g/mol. The molecule has 1 aromatic carbocycles. The van der Waals surface area contributed by atoms with Gasteiger partial charge in [0.05, 0.1) is 4.92 Å². The highest BCUT2D eigenvalue weighted by atomic mass is 16.6. The molecule has 0 saturated heterocycles. The number of benzene rings is 1. The Morgan fingerprint density at radius 3 is 2.47 bits per heavy atom. The number of amides is 1. The summed E-state index contributed by atoms with van der Waals surface area (Å²) in [5, 5.41) is 10.9. The maximum atomic E-state index is 12.1. The van der Waals surface area contributed by atoms with Crippen LogP contribution in [0, 0.1) is 10.1 Å². The van der Waals surface area contributed by atoms with Crippen molar-refractivity contribution in [1.82, 2.24) is 4.90 Å². The van der Waals surface area contributed by atoms with Gasteiger partial charge in [0, 0.05) is 13.1 Å². The summed E-state index contributed by atoms with van der Waals surface area (Å²) in [6, 6.07) is 4.38. The van der Waals surface area contributed by atoms with Gasteiger partial charge >= 0.3 is 5.69 Å². The molecule has 0 radical (unpaired) electrons. The molecule has 0 bridgehead atoms. The number of carbonyl (C=O) groups excluding carboxylic acids is 1. The van der Waals surface area contributed by atoms with Gasteiger partial charge in [0.2, 0.25) is 0 Å². The van der Waals surface area contributed by atoms with Crippen LogP contribution < -0.4 is 5.73 Å². The zero-order valence-corrected chi connectivity index (χ0v) is 9.84. The van der Waals surface area contributed by atoms with Crippen LogP contribution in [0.25, 0.3) is 0 Å². The van der Waals surface area contributed by atoms with Gasteiger partial charge in [-0.15, -0.1) is 0 Å². The van der Waals surface area contributed by atoms with Crippen molar-refractivity contribution in [3.8, 4) is 0 Å². The molecule has 0 aromatic heterocycles. The fourth-order valence-electron chi connectivity index (χ4n) is 1.62. The summed E-state index contributed by atoms with van der Waals surface area (Å²) in [6.45, 7) is 4.64. The monoisotopic (exact) mass is 237 g/mol. The molecular formula is C11H15N3O3. The second kappa shape index (κ2) is 5.29. The van der Waals surface area contributed by atoms with Gasteiger partial charge in [0.25, 0.3) is 5.91 Å². The summed E-state index contributed by atoms with van der Waals surface area (Å²) >= 11 is 0. The van der Waals surface area contributed by atoms with Crippen LogP contribution in [-0.4, -0.2) is 28.8 Å². The van der Waals surface area contributed by atoms with E-state index >= 15 is 0 Å². The third kappa shape index (κ3) is 2.52. The molecule has 17 heavy (non-hydrogen) atoms. The predicted molar refractivity (Wildman–Crippen MR) is 64.8 cm³/mol. The van der Waals surface area contributed by atoms with E-state index in [0.29, 0.717) is 13.1 Å². The van der Waals surface area contributed by atoms with E-state index in [1.54, 1.807) is 6.07 Å². The highest BCUT2D eigenvalue weighted by Crippen LogP contribution is 2.26. The summed E-state index contributed by atoms with van der Waals surface area (Å²) in [6.07, 6.45) is 0. The molecule has 2 N–H and O–H groups in total. The molecule has 0 fully saturated rings. The number of nitro groups is 1. The lowest BCUT2D eigenvalue weighted by atomic mass is 10.1. The van der Waals surface area contributed by atoms with Crippen molar-refractivity contribution in [3.63, 3.8) is 0 Å². The molecule has 0 spiro atoms. The molecular weight excluding hydrogens is 222 g/mol. The fourth-order valence-corrected chi connectivity index (χ4v) is 1.62. The van der Waals surface area contributed by atoms with Crippen LogP contribution >= 0.6 is 0 Å². The number of nitrogens with two attached hydrogens (primary N) is 1. The predicted octanol–water partition coefficient (Wildman–Crippen LogP) is 1.66. The first-order valence-corrected chi connectivity index (χ1v) is 5.35. The van der Waals surface area contributed by atoms with Gasteiger partial charge < -0.3 is 10.6 Å². The van der Waals surface area contributed by atoms with Crippen LogP contribution in [0.15, 0.2) is 18.2 Å². The number of nitrogens with zero attached hydrogens (tertiary/aromatic N) is 2. The van der Waals surface area contributed by atoms with Crippen molar-refractivity contribution >= 4 is 17.3 Å². The van der Waals surface area contributed by atoms with Crippen molar-refractivity contribution in [3.05, 3.63) is 33.9 Å². The van der Waals surface area contributed by atoms with E-state index in [9.17, 15) is 14.9 Å². The Morgan fingerprint density at radius 2 is 2.00 bits per heavy atom. The van der Waals surface area contributed by atoms with E-state index in [4.69, 9.17) is 5.73 Å². The SMILES string of the molecule is CCN(CC)C(=O)c1cccc(N)c1[N+](=O)[O-]. The fraction of sp³-hybridized carbons (Fsp3) is 0.364. The Kier molecular flexibility index (Phi) is 4.03. The highest BCUT2D eigenvalue weighted by molar-refractivity contribution is 6.00. The molecule has 92 valence electrons. The molecule has 0 atom stereocenters. The second-order valence-corrected chi connectivity index (χ2v) is 3.48. The van der Waals surface area contributed by atoms with E-state index < -0.39 is 4.92 Å². The summed E-state index contributed by atoms with van der Waals surface area (Å²) in [4.78, 5) is 23.8. The zero-order chi connectivity index (χ0) is 13.0. The second-order valence-electron chi connectivity index (χ2n) is 3.48. The van der Waals surface area contributed by atoms with Crippen molar-refractivity contribution < 1.29 is 9.72 Å². The number of para-hydroxylation sites is 1. The number of hydrogen-bond acceptors (Lipinski definition) is 4. The van der Waals surface area contributed by atoms with Crippen LogP contribution in [-0.2, 0) is 0 Å². The molecule has 1 rings (SSSR count). The first-order chi connectivity index (χ1) is 8.02. The van der Waals surface area contributed by atoms with Crippen molar-refractivity contribution in [2.75, 3.05) is 18.8 Å². The third-order valence-electron chi connectivity index (χ3n) is 2.53. The van der Waals surface area contributed by atoms with Gasteiger partial charge in [0.1, 0.15) is 11.3 Å². The minimum Gasteiger partial charge on any atom is -0.393 e. The van der Waals surface area contributed by atoms with Gasteiger partial charge in [-0.05, 0) is 26.0 Å². The number of rotatable bonds is 4. The molecule has 6 heteroatoms. The Labute approximate surface area is 99.2 Å². The first kappa shape index (κ1) is 13.0. The van der Waals surface area contributed by atoms with Gasteiger partial charge in [-0.1, -0.05) is 6.07 Å². The summed E-state index contributed by atoms with van der Waals surface area (Å²) < 4.78 is 0. The van der Waals surface area contributed by atoms with E-state index in [2.05, 4.69) is 0 Å². The molecule has 0 saturated carbocycles. The Morgan fingerprint density at radius 1 is 1.41 bits per heavy atom. The molecule has 0 unspecified atom stereocenters. The average Bonchev–Trinajstić information content (AvgIpc) is 2.29. The summed E-state index contributed by atoms with van der Waals surface area (Å²) in [5.41, 5.74) is 5.26. The van der Waals surface area contributed by atoms with E-state index in [-0.39, 0.29) is 22.8 Å². The highest BCUT2D eigenvalue weighted by Gasteiger charge is 2.25. The number of nitrogen functional groups attached to an aromatic ring is 1. The minimum absolute atomic E-state index is 0.00741. The number of hydrogen-bond donors (Lipinski definition) is 1. The van der Waals surface area contributed by atoms with Gasteiger partial charge in [-0.2, -0.15) is 0 Å². The normalized spacial score (nSPS) is 10.0. The standard InChI is InChI=1S/C11H15N3O3/c1-3-13(4-2)11(15)8-6-5-7-9(12)10(8)14(16)17/h5-7H,3-4,12H2,1-2H3. The lowest BCUT2D eigenvalue weighted by Gasteiger charge is -2.18. The largest absolute Gasteiger partial charge is 0.393 e. The first-order valence-electron chi connectivity index (χ1n) is 5.35.